The Hall–Kier alpha value is -2.68. The van der Waals surface area contributed by atoms with Crippen LogP contribution in [0.5, 0.6) is 0 Å². The first kappa shape index (κ1) is 24.0. The van der Waals surface area contributed by atoms with E-state index >= 15 is 0 Å². The maximum atomic E-state index is 13.9. The van der Waals surface area contributed by atoms with Gasteiger partial charge in [0.25, 0.3) is 5.91 Å². The average Bonchev–Trinajstić information content (AvgIpc) is 2.77. The van der Waals surface area contributed by atoms with Crippen molar-refractivity contribution in [1.82, 2.24) is 9.80 Å². The third-order valence-electron chi connectivity index (χ3n) is 5.78. The number of aliphatic hydroxyl groups is 1. The highest BCUT2D eigenvalue weighted by atomic mass is 19.1. The molecule has 2 aromatic rings. The molecule has 1 amide bonds. The zero-order valence-corrected chi connectivity index (χ0v) is 19.3. The highest BCUT2D eigenvalue weighted by Crippen LogP contribution is 2.19. The summed E-state index contributed by atoms with van der Waals surface area (Å²) >= 11 is 0. The van der Waals surface area contributed by atoms with Crippen molar-refractivity contribution in [2.45, 2.75) is 38.7 Å². The molecule has 0 spiro atoms. The molecule has 1 atom stereocenters. The van der Waals surface area contributed by atoms with E-state index < -0.39 is 5.60 Å². The van der Waals surface area contributed by atoms with E-state index in [1.165, 1.54) is 6.07 Å². The number of amides is 1. The van der Waals surface area contributed by atoms with Crippen LogP contribution in [0.2, 0.25) is 0 Å². The van der Waals surface area contributed by atoms with Crippen LogP contribution in [-0.2, 0) is 6.42 Å². The number of piperidine rings is 1. The Bertz CT molecular complexity index is 970. The van der Waals surface area contributed by atoms with Gasteiger partial charge >= 0.3 is 0 Å². The Balaban J connectivity index is 1.52. The monoisotopic (exact) mass is 436 g/mol. The molecular formula is C27H33FN2O2. The van der Waals surface area contributed by atoms with Gasteiger partial charge in [0.05, 0.1) is 0 Å². The number of halogens is 1. The molecule has 4 nitrogen and oxygen atoms in total. The van der Waals surface area contributed by atoms with Crippen molar-refractivity contribution in [3.8, 4) is 11.8 Å². The summed E-state index contributed by atoms with van der Waals surface area (Å²) in [4.78, 5) is 17.0. The molecule has 32 heavy (non-hydrogen) atoms. The maximum Gasteiger partial charge on any atom is 0.253 e. The van der Waals surface area contributed by atoms with Crippen LogP contribution in [0, 0.1) is 23.6 Å². The molecule has 0 radical (unpaired) electrons. The summed E-state index contributed by atoms with van der Waals surface area (Å²) in [5.74, 6) is 5.97. The van der Waals surface area contributed by atoms with Crippen LogP contribution in [0.1, 0.15) is 48.2 Å². The SMILES string of the molecule is CN(CC1CCCN(CCc2ccccc2F)C1)C(=O)c1ccc(C#CC(C)(C)O)cc1. The summed E-state index contributed by atoms with van der Waals surface area (Å²) in [7, 11) is 1.85. The minimum Gasteiger partial charge on any atom is -0.378 e. The van der Waals surface area contributed by atoms with Crippen LogP contribution in [0.15, 0.2) is 48.5 Å². The van der Waals surface area contributed by atoms with Crippen molar-refractivity contribution in [3.63, 3.8) is 0 Å². The second-order valence-corrected chi connectivity index (χ2v) is 9.22. The molecule has 1 aliphatic heterocycles. The van der Waals surface area contributed by atoms with E-state index in [0.29, 0.717) is 24.4 Å². The molecule has 1 aliphatic rings. The number of likely N-dealkylation sites (tertiary alicyclic amines) is 1. The van der Waals surface area contributed by atoms with Gasteiger partial charge in [-0.3, -0.25) is 4.79 Å². The lowest BCUT2D eigenvalue weighted by Crippen LogP contribution is -2.42. The number of benzene rings is 2. The van der Waals surface area contributed by atoms with Gasteiger partial charge in [-0.15, -0.1) is 0 Å². The van der Waals surface area contributed by atoms with E-state index in [1.807, 2.05) is 31.3 Å². The Kier molecular flexibility index (Phi) is 8.06. The lowest BCUT2D eigenvalue weighted by Gasteiger charge is -2.34. The predicted octanol–water partition coefficient (Wildman–Crippen LogP) is 3.97. The number of hydrogen-bond acceptors (Lipinski definition) is 3. The molecule has 1 N–H and O–H groups in total. The number of hydrogen-bond donors (Lipinski definition) is 1. The zero-order chi connectivity index (χ0) is 23.1. The quantitative estimate of drug-likeness (QED) is 0.697. The standard InChI is InChI=1S/C27H33FN2O2/c1-27(2,32)16-14-21-10-12-24(13-11-21)26(31)29(3)19-22-7-6-17-30(20-22)18-15-23-8-4-5-9-25(23)28/h4-5,8-13,22,32H,6-7,15,17-20H2,1-3H3. The number of carbonyl (C=O) groups is 1. The second-order valence-electron chi connectivity index (χ2n) is 9.22. The van der Waals surface area contributed by atoms with Crippen LogP contribution in [0.25, 0.3) is 0 Å². The largest absolute Gasteiger partial charge is 0.378 e. The Morgan fingerprint density at radius 2 is 1.94 bits per heavy atom. The molecule has 1 unspecified atom stereocenters. The van der Waals surface area contributed by atoms with Gasteiger partial charge in [-0.2, -0.15) is 0 Å². The van der Waals surface area contributed by atoms with Crippen molar-refractivity contribution in [2.24, 2.45) is 5.92 Å². The van der Waals surface area contributed by atoms with E-state index in [9.17, 15) is 14.3 Å². The molecule has 3 rings (SSSR count). The van der Waals surface area contributed by atoms with Crippen molar-refractivity contribution in [1.29, 1.82) is 0 Å². The van der Waals surface area contributed by atoms with Crippen LogP contribution in [0.3, 0.4) is 0 Å². The summed E-state index contributed by atoms with van der Waals surface area (Å²) in [6.45, 7) is 6.77. The molecule has 0 aromatic heterocycles. The molecule has 1 fully saturated rings. The van der Waals surface area contributed by atoms with Gasteiger partial charge in [-0.05, 0) is 81.5 Å². The molecule has 0 aliphatic carbocycles. The van der Waals surface area contributed by atoms with E-state index in [-0.39, 0.29) is 11.7 Å². The van der Waals surface area contributed by atoms with E-state index in [0.717, 1.165) is 43.6 Å². The lowest BCUT2D eigenvalue weighted by atomic mass is 9.96. The summed E-state index contributed by atoms with van der Waals surface area (Å²) in [5, 5.41) is 9.72. The maximum absolute atomic E-state index is 13.9. The van der Waals surface area contributed by atoms with Crippen LogP contribution >= 0.6 is 0 Å². The van der Waals surface area contributed by atoms with Crippen molar-refractivity contribution in [2.75, 3.05) is 33.2 Å². The number of carbonyl (C=O) groups excluding carboxylic acids is 1. The molecule has 1 heterocycles. The molecule has 5 heteroatoms. The van der Waals surface area contributed by atoms with Gasteiger partial charge in [-0.1, -0.05) is 30.0 Å². The van der Waals surface area contributed by atoms with Crippen LogP contribution < -0.4 is 0 Å². The fourth-order valence-corrected chi connectivity index (χ4v) is 4.09. The first-order valence-electron chi connectivity index (χ1n) is 11.3. The first-order chi connectivity index (χ1) is 15.2. The normalized spacial score (nSPS) is 16.8. The van der Waals surface area contributed by atoms with Crippen LogP contribution in [0.4, 0.5) is 4.39 Å². The molecule has 0 bridgehead atoms. The summed E-state index contributed by atoms with van der Waals surface area (Å²) < 4.78 is 13.9. The smallest absolute Gasteiger partial charge is 0.253 e. The topological polar surface area (TPSA) is 43.8 Å². The minimum atomic E-state index is -1.04. The van der Waals surface area contributed by atoms with Gasteiger partial charge in [0, 0.05) is 37.8 Å². The third kappa shape index (κ3) is 7.19. The zero-order valence-electron chi connectivity index (χ0n) is 19.3. The summed E-state index contributed by atoms with van der Waals surface area (Å²) in [6.07, 6.45) is 2.90. The first-order valence-corrected chi connectivity index (χ1v) is 11.3. The number of rotatable bonds is 6. The summed E-state index contributed by atoms with van der Waals surface area (Å²) in [5.41, 5.74) is 1.12. The number of nitrogens with zero attached hydrogens (tertiary/aromatic N) is 2. The van der Waals surface area contributed by atoms with Gasteiger partial charge in [0.1, 0.15) is 11.4 Å². The molecule has 1 saturated heterocycles. The highest BCUT2D eigenvalue weighted by Gasteiger charge is 2.23. The van der Waals surface area contributed by atoms with Gasteiger partial charge < -0.3 is 14.9 Å². The Morgan fingerprint density at radius 1 is 1.22 bits per heavy atom. The third-order valence-corrected chi connectivity index (χ3v) is 5.78. The van der Waals surface area contributed by atoms with E-state index in [1.54, 1.807) is 36.9 Å². The van der Waals surface area contributed by atoms with Gasteiger partial charge in [0.15, 0.2) is 0 Å². The Labute approximate surface area is 191 Å². The fraction of sp³-hybridized carbons (Fsp3) is 0.444. The minimum absolute atomic E-state index is 0.00419. The van der Waals surface area contributed by atoms with Gasteiger partial charge in [0.2, 0.25) is 0 Å². The van der Waals surface area contributed by atoms with Crippen molar-refractivity contribution in [3.05, 3.63) is 71.0 Å². The second kappa shape index (κ2) is 10.8. The lowest BCUT2D eigenvalue weighted by molar-refractivity contribution is 0.0730. The average molecular weight is 437 g/mol. The Morgan fingerprint density at radius 3 is 2.62 bits per heavy atom. The molecule has 2 aromatic carbocycles. The molecule has 0 saturated carbocycles. The van der Waals surface area contributed by atoms with E-state index in [4.69, 9.17) is 0 Å². The summed E-state index contributed by atoms with van der Waals surface area (Å²) in [6, 6.07) is 14.2. The van der Waals surface area contributed by atoms with Crippen molar-refractivity contribution < 1.29 is 14.3 Å². The van der Waals surface area contributed by atoms with Crippen molar-refractivity contribution >= 4 is 5.91 Å². The predicted molar refractivity (Wildman–Crippen MR) is 126 cm³/mol. The van der Waals surface area contributed by atoms with Gasteiger partial charge in [-0.25, -0.2) is 4.39 Å². The molecular weight excluding hydrogens is 403 g/mol. The fourth-order valence-electron chi connectivity index (χ4n) is 4.09. The van der Waals surface area contributed by atoms with E-state index in [2.05, 4.69) is 16.7 Å². The molecule has 170 valence electrons. The highest BCUT2D eigenvalue weighted by molar-refractivity contribution is 5.94. The van der Waals surface area contributed by atoms with Crippen LogP contribution in [-0.4, -0.2) is 59.6 Å².